The molecule has 2 nitrogen and oxygen atoms in total. The molecular weight excluding hydrogens is 358 g/mol. The Balaban J connectivity index is 1.97. The van der Waals surface area contributed by atoms with Gasteiger partial charge in [0.25, 0.3) is 0 Å². The molecule has 3 N–H and O–H groups in total. The van der Waals surface area contributed by atoms with Crippen LogP contribution in [0, 0.1) is 11.6 Å². The summed E-state index contributed by atoms with van der Waals surface area (Å²) in [5, 5.41) is 0. The molecule has 2 aromatic rings. The van der Waals surface area contributed by atoms with Gasteiger partial charge in [-0.1, -0.05) is 28.1 Å². The Morgan fingerprint density at radius 3 is 2.67 bits per heavy atom. The lowest BCUT2D eigenvalue weighted by Gasteiger charge is -2.16. The fraction of sp³-hybridized carbons (Fsp3) is 0.200. The summed E-state index contributed by atoms with van der Waals surface area (Å²) in [4.78, 5) is 1.10. The Morgan fingerprint density at radius 2 is 2.00 bits per heavy atom. The van der Waals surface area contributed by atoms with E-state index in [4.69, 9.17) is 5.84 Å². The summed E-state index contributed by atoms with van der Waals surface area (Å²) in [6.07, 6.45) is 0.406. The van der Waals surface area contributed by atoms with Crippen molar-refractivity contribution in [3.63, 3.8) is 0 Å². The van der Waals surface area contributed by atoms with Crippen LogP contribution in [0.5, 0.6) is 0 Å². The van der Waals surface area contributed by atoms with Gasteiger partial charge in [-0.15, -0.1) is 11.8 Å². The summed E-state index contributed by atoms with van der Waals surface area (Å²) in [6.45, 7) is 0. The maximum absolute atomic E-state index is 13.6. The molecule has 0 amide bonds. The molecule has 1 atom stereocenters. The van der Waals surface area contributed by atoms with E-state index in [0.717, 1.165) is 15.4 Å². The predicted octanol–water partition coefficient (Wildman–Crippen LogP) is 3.89. The Labute approximate surface area is 135 Å². The van der Waals surface area contributed by atoms with E-state index in [2.05, 4.69) is 21.4 Å². The lowest BCUT2D eigenvalue weighted by molar-refractivity contribution is 0.536. The predicted molar refractivity (Wildman–Crippen MR) is 86.0 cm³/mol. The summed E-state index contributed by atoms with van der Waals surface area (Å²) in [6, 6.07) is 11.4. The zero-order chi connectivity index (χ0) is 15.2. The zero-order valence-corrected chi connectivity index (χ0v) is 13.6. The number of hydrogen-bond acceptors (Lipinski definition) is 3. The molecule has 0 fully saturated rings. The molecule has 0 heterocycles. The van der Waals surface area contributed by atoms with Crippen LogP contribution in [-0.4, -0.2) is 11.8 Å². The number of halogens is 3. The van der Waals surface area contributed by atoms with Gasteiger partial charge in [-0.25, -0.2) is 8.78 Å². The molecule has 0 radical (unpaired) electrons. The van der Waals surface area contributed by atoms with Crippen molar-refractivity contribution in [1.82, 2.24) is 5.43 Å². The van der Waals surface area contributed by atoms with Gasteiger partial charge in [-0.3, -0.25) is 11.3 Å². The largest absolute Gasteiger partial charge is 0.271 e. The van der Waals surface area contributed by atoms with Crippen molar-refractivity contribution in [3.8, 4) is 0 Å². The van der Waals surface area contributed by atoms with Crippen LogP contribution in [0.2, 0.25) is 0 Å². The minimum Gasteiger partial charge on any atom is -0.271 e. The van der Waals surface area contributed by atoms with E-state index in [0.29, 0.717) is 17.7 Å². The fourth-order valence-electron chi connectivity index (χ4n) is 1.87. The van der Waals surface area contributed by atoms with E-state index in [1.54, 1.807) is 11.8 Å². The summed E-state index contributed by atoms with van der Waals surface area (Å²) in [5.74, 6) is 5.10. The third kappa shape index (κ3) is 5.07. The molecule has 21 heavy (non-hydrogen) atoms. The second-order valence-electron chi connectivity index (χ2n) is 4.57. The van der Waals surface area contributed by atoms with Crippen molar-refractivity contribution in [2.24, 2.45) is 5.84 Å². The third-order valence-electron chi connectivity index (χ3n) is 2.96. The van der Waals surface area contributed by atoms with E-state index in [1.165, 1.54) is 12.1 Å². The van der Waals surface area contributed by atoms with Crippen LogP contribution >= 0.6 is 27.7 Å². The minimum absolute atomic E-state index is 0.103. The van der Waals surface area contributed by atoms with E-state index < -0.39 is 11.6 Å². The number of hydrazine groups is 1. The maximum atomic E-state index is 13.6. The van der Waals surface area contributed by atoms with Gasteiger partial charge in [-0.2, -0.15) is 0 Å². The second kappa shape index (κ2) is 7.89. The highest BCUT2D eigenvalue weighted by atomic mass is 79.9. The van der Waals surface area contributed by atoms with E-state index >= 15 is 0 Å². The first-order valence-corrected chi connectivity index (χ1v) is 8.15. The highest BCUT2D eigenvalue weighted by Crippen LogP contribution is 2.23. The van der Waals surface area contributed by atoms with Crippen molar-refractivity contribution >= 4 is 27.7 Å². The maximum Gasteiger partial charge on any atom is 0.129 e. The molecule has 0 aliphatic rings. The minimum atomic E-state index is -0.572. The quantitative estimate of drug-likeness (QED) is 0.458. The van der Waals surface area contributed by atoms with E-state index in [1.807, 2.05) is 24.3 Å². The molecule has 0 bridgehead atoms. The molecule has 2 rings (SSSR count). The monoisotopic (exact) mass is 372 g/mol. The van der Waals surface area contributed by atoms with Crippen LogP contribution in [0.1, 0.15) is 5.56 Å². The highest BCUT2D eigenvalue weighted by molar-refractivity contribution is 9.10. The van der Waals surface area contributed by atoms with Crippen LogP contribution in [-0.2, 0) is 6.42 Å². The number of rotatable bonds is 6. The first-order chi connectivity index (χ1) is 10.1. The summed E-state index contributed by atoms with van der Waals surface area (Å²) >= 11 is 5.04. The van der Waals surface area contributed by atoms with Gasteiger partial charge in [0.2, 0.25) is 0 Å². The fourth-order valence-corrected chi connectivity index (χ4v) is 3.42. The zero-order valence-electron chi connectivity index (χ0n) is 11.2. The average Bonchev–Trinajstić information content (AvgIpc) is 2.45. The molecule has 0 aromatic heterocycles. The molecule has 0 saturated carbocycles. The van der Waals surface area contributed by atoms with Crippen LogP contribution < -0.4 is 11.3 Å². The van der Waals surface area contributed by atoms with Gasteiger partial charge in [0.15, 0.2) is 0 Å². The van der Waals surface area contributed by atoms with Gasteiger partial charge in [0, 0.05) is 27.2 Å². The first-order valence-electron chi connectivity index (χ1n) is 6.37. The molecule has 0 aliphatic carbocycles. The Hall–Kier alpha value is -0.950. The Kier molecular flexibility index (Phi) is 6.17. The van der Waals surface area contributed by atoms with Gasteiger partial charge in [0.05, 0.1) is 0 Å². The number of thioether (sulfide) groups is 1. The molecule has 0 saturated heterocycles. The van der Waals surface area contributed by atoms with Crippen LogP contribution in [0.4, 0.5) is 8.78 Å². The number of benzene rings is 2. The standard InChI is InChI=1S/C15H15BrF2N2S/c16-11-2-1-3-14(7-11)21-9-13(20-19)6-10-4-5-12(17)8-15(10)18/h1-5,7-8,13,20H,6,9,19H2. The van der Waals surface area contributed by atoms with Gasteiger partial charge >= 0.3 is 0 Å². The van der Waals surface area contributed by atoms with Crippen molar-refractivity contribution in [2.75, 3.05) is 5.75 Å². The SMILES string of the molecule is NNC(CSc1cccc(Br)c1)Cc1ccc(F)cc1F. The molecule has 0 aliphatic heterocycles. The average molecular weight is 373 g/mol. The molecule has 112 valence electrons. The first kappa shape index (κ1) is 16.4. The summed E-state index contributed by atoms with van der Waals surface area (Å²) < 4.78 is 27.5. The summed E-state index contributed by atoms with van der Waals surface area (Å²) in [5.41, 5.74) is 3.14. The Morgan fingerprint density at radius 1 is 1.19 bits per heavy atom. The number of nitrogens with two attached hydrogens (primary N) is 1. The number of nitrogens with one attached hydrogen (secondary N) is 1. The number of hydrogen-bond donors (Lipinski definition) is 2. The Bertz CT molecular complexity index is 610. The van der Waals surface area contributed by atoms with Gasteiger partial charge in [0.1, 0.15) is 11.6 Å². The topological polar surface area (TPSA) is 38.0 Å². The molecule has 2 aromatic carbocycles. The lowest BCUT2D eigenvalue weighted by Crippen LogP contribution is -2.38. The van der Waals surface area contributed by atoms with Crippen LogP contribution in [0.15, 0.2) is 51.8 Å². The van der Waals surface area contributed by atoms with Crippen molar-refractivity contribution in [3.05, 3.63) is 64.1 Å². The van der Waals surface area contributed by atoms with Gasteiger partial charge in [-0.05, 0) is 36.2 Å². The molecule has 6 heteroatoms. The van der Waals surface area contributed by atoms with Crippen molar-refractivity contribution in [2.45, 2.75) is 17.4 Å². The molecule has 0 spiro atoms. The van der Waals surface area contributed by atoms with E-state index in [9.17, 15) is 8.78 Å². The molecular formula is C15H15BrF2N2S. The second-order valence-corrected chi connectivity index (χ2v) is 6.58. The van der Waals surface area contributed by atoms with Crippen molar-refractivity contribution < 1.29 is 8.78 Å². The third-order valence-corrected chi connectivity index (χ3v) is 4.61. The normalized spacial score (nSPS) is 12.4. The summed E-state index contributed by atoms with van der Waals surface area (Å²) in [7, 11) is 0. The van der Waals surface area contributed by atoms with Crippen molar-refractivity contribution in [1.29, 1.82) is 0 Å². The highest BCUT2D eigenvalue weighted by Gasteiger charge is 2.12. The smallest absolute Gasteiger partial charge is 0.129 e. The van der Waals surface area contributed by atoms with Crippen LogP contribution in [0.25, 0.3) is 0 Å². The van der Waals surface area contributed by atoms with E-state index in [-0.39, 0.29) is 6.04 Å². The van der Waals surface area contributed by atoms with Gasteiger partial charge < -0.3 is 0 Å². The van der Waals surface area contributed by atoms with Crippen LogP contribution in [0.3, 0.4) is 0 Å². The molecule has 1 unspecified atom stereocenters. The lowest BCUT2D eigenvalue weighted by atomic mass is 10.1.